The van der Waals surface area contributed by atoms with Crippen molar-refractivity contribution >= 4 is 51.4 Å². The molecule has 0 fully saturated rings. The molecule has 0 aromatic carbocycles. The van der Waals surface area contributed by atoms with Gasteiger partial charge >= 0.3 is 51.4 Å². The van der Waals surface area contributed by atoms with E-state index >= 15 is 0 Å². The summed E-state index contributed by atoms with van der Waals surface area (Å²) in [5, 5.41) is 0. The van der Waals surface area contributed by atoms with Crippen LogP contribution in [0.4, 0.5) is 0 Å². The Kier molecular flexibility index (Phi) is 25.2. The topological polar surface area (TPSA) is 0 Å². The van der Waals surface area contributed by atoms with Gasteiger partial charge in [-0.1, -0.05) is 76.4 Å². The number of hydrogen-bond donors (Lipinski definition) is 0. The van der Waals surface area contributed by atoms with Crippen molar-refractivity contribution in [2.24, 2.45) is 0 Å². The molecule has 0 heterocycles. The molecule has 0 radical (unpaired) electrons. The molecule has 19 heavy (non-hydrogen) atoms. The van der Waals surface area contributed by atoms with Crippen LogP contribution in [0.3, 0.4) is 0 Å². The normalized spacial score (nSPS) is 9.89. The summed E-state index contributed by atoms with van der Waals surface area (Å²) in [6.07, 6.45) is 23.5. The van der Waals surface area contributed by atoms with E-state index in [2.05, 4.69) is 13.2 Å². The Morgan fingerprint density at radius 2 is 0.632 bits per heavy atom. The zero-order chi connectivity index (χ0) is 13.3. The number of allylic oxidation sites excluding steroid dienone is 2. The first-order chi connectivity index (χ1) is 8.91. The zero-order valence-corrected chi connectivity index (χ0v) is 12.5. The monoisotopic (exact) mass is 290 g/mol. The van der Waals surface area contributed by atoms with E-state index in [9.17, 15) is 0 Å². The van der Waals surface area contributed by atoms with Crippen molar-refractivity contribution in [3.05, 3.63) is 25.3 Å². The molecule has 0 nitrogen and oxygen atoms in total. The van der Waals surface area contributed by atoms with Crippen LogP contribution in [0.25, 0.3) is 0 Å². The first-order valence-electron chi connectivity index (χ1n) is 8.13. The average molecular weight is 291 g/mol. The van der Waals surface area contributed by atoms with Gasteiger partial charge in [0.2, 0.25) is 0 Å². The molecule has 0 bridgehead atoms. The van der Waals surface area contributed by atoms with Gasteiger partial charge in [0.05, 0.1) is 0 Å². The zero-order valence-electron chi connectivity index (χ0n) is 12.5. The Labute approximate surface area is 164 Å². The molecule has 0 saturated carbocycles. The van der Waals surface area contributed by atoms with E-state index < -0.39 is 0 Å². The van der Waals surface area contributed by atoms with Gasteiger partial charge in [-0.05, 0) is 25.7 Å². The third-order valence-corrected chi connectivity index (χ3v) is 3.57. The second-order valence-corrected chi connectivity index (χ2v) is 5.40. The molecule has 0 aromatic heterocycles. The minimum absolute atomic E-state index is 0. The van der Waals surface area contributed by atoms with Gasteiger partial charge in [-0.2, -0.15) is 0 Å². The molecule has 1 heteroatoms. The number of unbranched alkanes of at least 4 members (excludes halogenated alkanes) is 13. The molecule has 108 valence electrons. The van der Waals surface area contributed by atoms with Gasteiger partial charge in [0.1, 0.15) is 0 Å². The van der Waals surface area contributed by atoms with Gasteiger partial charge in [0.25, 0.3) is 0 Å². The molecule has 0 aliphatic rings. The quantitative estimate of drug-likeness (QED) is 0.192. The second-order valence-electron chi connectivity index (χ2n) is 5.40. The van der Waals surface area contributed by atoms with E-state index in [4.69, 9.17) is 0 Å². The van der Waals surface area contributed by atoms with Crippen LogP contribution < -0.4 is 0 Å². The van der Waals surface area contributed by atoms with Crippen molar-refractivity contribution in [3.8, 4) is 0 Å². The van der Waals surface area contributed by atoms with Crippen molar-refractivity contribution in [2.45, 2.75) is 89.9 Å². The summed E-state index contributed by atoms with van der Waals surface area (Å²) in [4.78, 5) is 0. The van der Waals surface area contributed by atoms with Crippen LogP contribution in [-0.2, 0) is 0 Å². The summed E-state index contributed by atoms with van der Waals surface area (Å²) < 4.78 is 0. The molecule has 0 aliphatic heterocycles. The predicted octanol–water partition coefficient (Wildman–Crippen LogP) is 6.17. The third kappa shape index (κ3) is 21.6. The van der Waals surface area contributed by atoms with E-state index in [0.717, 1.165) is 0 Å². The van der Waals surface area contributed by atoms with Gasteiger partial charge in [0.15, 0.2) is 0 Å². The van der Waals surface area contributed by atoms with E-state index in [0.29, 0.717) is 0 Å². The SMILES string of the molecule is C=CCCCCCCCCCCCCCCC=C.[KH]. The summed E-state index contributed by atoms with van der Waals surface area (Å²) >= 11 is 0. The first kappa shape index (κ1) is 22.4. The summed E-state index contributed by atoms with van der Waals surface area (Å²) in [7, 11) is 0. The number of hydrogen-bond acceptors (Lipinski definition) is 0. The van der Waals surface area contributed by atoms with Crippen molar-refractivity contribution in [3.63, 3.8) is 0 Å². The Bertz CT molecular complexity index is 155. The second kappa shape index (κ2) is 21.4. The van der Waals surface area contributed by atoms with Crippen molar-refractivity contribution in [1.82, 2.24) is 0 Å². The fourth-order valence-electron chi connectivity index (χ4n) is 2.35. The van der Waals surface area contributed by atoms with Gasteiger partial charge < -0.3 is 0 Å². The van der Waals surface area contributed by atoms with Crippen LogP contribution in [0.2, 0.25) is 0 Å². The van der Waals surface area contributed by atoms with Gasteiger partial charge in [-0.25, -0.2) is 0 Å². The van der Waals surface area contributed by atoms with Crippen LogP contribution in [0.15, 0.2) is 25.3 Å². The maximum absolute atomic E-state index is 3.75. The van der Waals surface area contributed by atoms with E-state index in [1.165, 1.54) is 89.9 Å². The van der Waals surface area contributed by atoms with E-state index in [1.807, 2.05) is 12.2 Å². The molecular formula is C18H35K. The minimum atomic E-state index is 0. The predicted molar refractivity (Wildman–Crippen MR) is 92.2 cm³/mol. The van der Waals surface area contributed by atoms with E-state index in [1.54, 1.807) is 0 Å². The fraction of sp³-hybridized carbons (Fsp3) is 0.778. The molecular weight excluding hydrogens is 255 g/mol. The Morgan fingerprint density at radius 3 is 0.842 bits per heavy atom. The Hall–Kier alpha value is 1.12. The standard InChI is InChI=1S/C18H34.K.H/c1-3-5-7-9-11-13-15-17-18-16-14-12-10-8-6-4-2;;/h3-4H,1-2,5-18H2;;. The molecule has 0 aliphatic carbocycles. The summed E-state index contributed by atoms with van der Waals surface area (Å²) in [6.45, 7) is 7.51. The van der Waals surface area contributed by atoms with Crippen LogP contribution in [-0.4, -0.2) is 51.4 Å². The number of rotatable bonds is 15. The fourth-order valence-corrected chi connectivity index (χ4v) is 2.35. The van der Waals surface area contributed by atoms with Crippen LogP contribution in [0.1, 0.15) is 89.9 Å². The summed E-state index contributed by atoms with van der Waals surface area (Å²) in [6, 6.07) is 0. The average Bonchev–Trinajstić information content (AvgIpc) is 2.39. The van der Waals surface area contributed by atoms with Gasteiger partial charge in [-0.15, -0.1) is 13.2 Å². The molecule has 0 saturated heterocycles. The molecule has 0 unspecified atom stereocenters. The summed E-state index contributed by atoms with van der Waals surface area (Å²) in [5.41, 5.74) is 0. The third-order valence-electron chi connectivity index (χ3n) is 3.57. The Balaban J connectivity index is 0. The maximum atomic E-state index is 3.75. The molecule has 0 atom stereocenters. The van der Waals surface area contributed by atoms with Crippen LogP contribution in [0.5, 0.6) is 0 Å². The molecule has 0 amide bonds. The molecule has 0 aromatic rings. The van der Waals surface area contributed by atoms with Crippen molar-refractivity contribution in [1.29, 1.82) is 0 Å². The van der Waals surface area contributed by atoms with Crippen molar-refractivity contribution < 1.29 is 0 Å². The summed E-state index contributed by atoms with van der Waals surface area (Å²) in [5.74, 6) is 0. The van der Waals surface area contributed by atoms with Crippen LogP contribution in [0, 0.1) is 0 Å². The Morgan fingerprint density at radius 1 is 0.421 bits per heavy atom. The molecule has 0 N–H and O–H groups in total. The van der Waals surface area contributed by atoms with E-state index in [-0.39, 0.29) is 51.4 Å². The molecule has 0 spiro atoms. The molecule has 0 rings (SSSR count). The van der Waals surface area contributed by atoms with Gasteiger partial charge in [0, 0.05) is 0 Å². The van der Waals surface area contributed by atoms with Crippen molar-refractivity contribution in [2.75, 3.05) is 0 Å². The van der Waals surface area contributed by atoms with Gasteiger partial charge in [-0.3, -0.25) is 0 Å². The first-order valence-corrected chi connectivity index (χ1v) is 8.13. The van der Waals surface area contributed by atoms with Crippen LogP contribution >= 0.6 is 0 Å².